The van der Waals surface area contributed by atoms with Gasteiger partial charge in [-0.3, -0.25) is 0 Å². The minimum absolute atomic E-state index is 0.885. The first-order valence-electron chi connectivity index (χ1n) is 21.5. The third-order valence-corrected chi connectivity index (χ3v) is 12.4. The smallest absolute Gasteiger partial charge is 0.136 e. The van der Waals surface area contributed by atoms with Crippen LogP contribution in [-0.4, -0.2) is 4.57 Å². The third-order valence-electron chi connectivity index (χ3n) is 12.4. The Hall–Kier alpha value is -8.40. The molecule has 0 aliphatic rings. The van der Waals surface area contributed by atoms with Crippen LogP contribution in [0.15, 0.2) is 247 Å². The number of fused-ring (bicyclic) bond motifs is 6. The van der Waals surface area contributed by atoms with E-state index in [2.05, 4.69) is 240 Å². The molecule has 0 saturated heterocycles. The molecule has 0 saturated carbocycles. The Labute approximate surface area is 366 Å². The summed E-state index contributed by atoms with van der Waals surface area (Å²) in [6.45, 7) is 0. The van der Waals surface area contributed by atoms with E-state index < -0.39 is 0 Å². The zero-order valence-electron chi connectivity index (χ0n) is 34.4. The Morgan fingerprint density at radius 3 is 1.63 bits per heavy atom. The maximum absolute atomic E-state index is 6.35. The fraction of sp³-hybridized carbons (Fsp3) is 0. The van der Waals surface area contributed by atoms with Crippen molar-refractivity contribution in [1.29, 1.82) is 0 Å². The monoisotopic (exact) mass is 804 g/mol. The average Bonchev–Trinajstić information content (AvgIpc) is 3.91. The normalized spacial score (nSPS) is 11.5. The van der Waals surface area contributed by atoms with Crippen LogP contribution in [-0.2, 0) is 0 Å². The Balaban J connectivity index is 1.04. The van der Waals surface area contributed by atoms with E-state index in [1.807, 2.05) is 12.1 Å². The summed E-state index contributed by atoms with van der Waals surface area (Å²) in [5.41, 5.74) is 17.8. The van der Waals surface area contributed by atoms with Crippen molar-refractivity contribution in [3.8, 4) is 50.2 Å². The van der Waals surface area contributed by atoms with Gasteiger partial charge < -0.3 is 13.9 Å². The summed E-state index contributed by atoms with van der Waals surface area (Å²) in [6.07, 6.45) is 0. The van der Waals surface area contributed by atoms with Gasteiger partial charge in [-0.1, -0.05) is 182 Å². The molecule has 2 heterocycles. The van der Waals surface area contributed by atoms with Gasteiger partial charge in [0, 0.05) is 44.0 Å². The third kappa shape index (κ3) is 6.21. The Bertz CT molecular complexity index is 3580. The van der Waals surface area contributed by atoms with E-state index in [9.17, 15) is 0 Å². The molecular weight excluding hydrogens is 765 g/mol. The van der Waals surface area contributed by atoms with Crippen molar-refractivity contribution in [2.75, 3.05) is 4.90 Å². The lowest BCUT2D eigenvalue weighted by atomic mass is 9.93. The second-order valence-corrected chi connectivity index (χ2v) is 16.0. The summed E-state index contributed by atoms with van der Waals surface area (Å²) in [7, 11) is 0. The molecule has 3 nitrogen and oxygen atoms in total. The van der Waals surface area contributed by atoms with Crippen molar-refractivity contribution >= 4 is 60.8 Å². The molecule has 0 bridgehead atoms. The molecule has 63 heavy (non-hydrogen) atoms. The Morgan fingerprint density at radius 2 is 0.857 bits per heavy atom. The molecule has 0 atom stereocenters. The highest BCUT2D eigenvalue weighted by atomic mass is 16.3. The van der Waals surface area contributed by atoms with Crippen molar-refractivity contribution in [1.82, 2.24) is 4.57 Å². The van der Waals surface area contributed by atoms with Crippen LogP contribution >= 0.6 is 0 Å². The van der Waals surface area contributed by atoms with Crippen LogP contribution in [0.25, 0.3) is 93.9 Å². The minimum atomic E-state index is 0.885. The number of para-hydroxylation sites is 5. The van der Waals surface area contributed by atoms with Gasteiger partial charge in [0.05, 0.1) is 22.4 Å². The fourth-order valence-corrected chi connectivity index (χ4v) is 9.62. The number of rotatable bonds is 8. The molecule has 0 N–H and O–H groups in total. The van der Waals surface area contributed by atoms with E-state index in [-0.39, 0.29) is 0 Å². The highest BCUT2D eigenvalue weighted by molar-refractivity contribution is 6.13. The molecule has 0 unspecified atom stereocenters. The quantitative estimate of drug-likeness (QED) is 0.153. The van der Waals surface area contributed by atoms with Gasteiger partial charge in [0.2, 0.25) is 0 Å². The minimum Gasteiger partial charge on any atom is -0.456 e. The van der Waals surface area contributed by atoms with Gasteiger partial charge in [-0.05, 0) is 94.0 Å². The van der Waals surface area contributed by atoms with Crippen molar-refractivity contribution in [3.63, 3.8) is 0 Å². The molecule has 0 radical (unpaired) electrons. The van der Waals surface area contributed by atoms with Crippen molar-refractivity contribution < 1.29 is 4.42 Å². The van der Waals surface area contributed by atoms with E-state index in [0.717, 1.165) is 66.9 Å². The second kappa shape index (κ2) is 15.3. The van der Waals surface area contributed by atoms with Crippen LogP contribution in [0.4, 0.5) is 17.1 Å². The van der Waals surface area contributed by atoms with E-state index in [1.165, 1.54) is 44.1 Å². The number of anilines is 3. The lowest BCUT2D eigenvalue weighted by Gasteiger charge is -2.29. The molecule has 12 rings (SSSR count). The van der Waals surface area contributed by atoms with E-state index in [1.54, 1.807) is 0 Å². The number of furan rings is 1. The van der Waals surface area contributed by atoms with Crippen molar-refractivity contribution in [2.45, 2.75) is 0 Å². The molecule has 296 valence electrons. The van der Waals surface area contributed by atoms with Crippen LogP contribution < -0.4 is 4.90 Å². The molecular formula is C60H40N2O. The summed E-state index contributed by atoms with van der Waals surface area (Å²) in [4.78, 5) is 2.41. The van der Waals surface area contributed by atoms with Crippen LogP contribution in [0.3, 0.4) is 0 Å². The number of hydrogen-bond donors (Lipinski definition) is 0. The lowest BCUT2D eigenvalue weighted by molar-refractivity contribution is 0.669. The SMILES string of the molecule is c1ccc(-c2ccccc2-c2ccccc2N(c2ccc(-c3ccccc3-n3c4ccccc4c4ccccc43)cc2)c2cccc(-c3cccc4oc5ccccc5c34)c2)cc1. The van der Waals surface area contributed by atoms with Gasteiger partial charge in [-0.15, -0.1) is 0 Å². The van der Waals surface area contributed by atoms with E-state index in [0.29, 0.717) is 0 Å². The first-order valence-corrected chi connectivity index (χ1v) is 21.5. The molecule has 2 aromatic heterocycles. The highest BCUT2D eigenvalue weighted by Crippen LogP contribution is 2.46. The van der Waals surface area contributed by atoms with Crippen molar-refractivity contribution in [3.05, 3.63) is 243 Å². The maximum atomic E-state index is 6.35. The van der Waals surface area contributed by atoms with Gasteiger partial charge in [0.15, 0.2) is 0 Å². The standard InChI is InChI=1S/C60H40N2O/c1-2-18-41(19-3-1)46-22-4-5-24-49(46)50-25-7-12-31-55(50)61(45-21-16-20-43(40-45)48-29-17-35-59-60(48)53-28-10-15-34-58(53)63-59)44-38-36-42(37-39-44)47-23-6-11-30-54(47)62-56-32-13-8-26-51(56)52-27-9-14-33-57(52)62/h1-40H. The molecule has 10 aromatic carbocycles. The highest BCUT2D eigenvalue weighted by Gasteiger charge is 2.22. The summed E-state index contributed by atoms with van der Waals surface area (Å²) in [5, 5.41) is 4.74. The maximum Gasteiger partial charge on any atom is 0.136 e. The molecule has 0 amide bonds. The second-order valence-electron chi connectivity index (χ2n) is 16.0. The summed E-state index contributed by atoms with van der Waals surface area (Å²) in [5.74, 6) is 0. The topological polar surface area (TPSA) is 21.3 Å². The average molecular weight is 805 g/mol. The van der Waals surface area contributed by atoms with Crippen LogP contribution in [0.1, 0.15) is 0 Å². The van der Waals surface area contributed by atoms with E-state index >= 15 is 0 Å². The summed E-state index contributed by atoms with van der Waals surface area (Å²) < 4.78 is 8.77. The Morgan fingerprint density at radius 1 is 0.317 bits per heavy atom. The van der Waals surface area contributed by atoms with Crippen molar-refractivity contribution in [2.24, 2.45) is 0 Å². The van der Waals surface area contributed by atoms with Gasteiger partial charge >= 0.3 is 0 Å². The first-order chi connectivity index (χ1) is 31.3. The largest absolute Gasteiger partial charge is 0.456 e. The lowest BCUT2D eigenvalue weighted by Crippen LogP contribution is -2.11. The fourth-order valence-electron chi connectivity index (χ4n) is 9.62. The van der Waals surface area contributed by atoms with Gasteiger partial charge in [-0.2, -0.15) is 0 Å². The molecule has 0 spiro atoms. The molecule has 0 fully saturated rings. The Kier molecular flexibility index (Phi) is 8.83. The number of hydrogen-bond acceptors (Lipinski definition) is 2. The summed E-state index contributed by atoms with van der Waals surface area (Å²) >= 11 is 0. The zero-order chi connectivity index (χ0) is 41.7. The predicted molar refractivity (Wildman–Crippen MR) is 264 cm³/mol. The van der Waals surface area contributed by atoms with Crippen LogP contribution in [0.5, 0.6) is 0 Å². The summed E-state index contributed by atoms with van der Waals surface area (Å²) in [6, 6.07) is 87.1. The molecule has 3 heteroatoms. The molecule has 0 aliphatic carbocycles. The van der Waals surface area contributed by atoms with Crippen LogP contribution in [0.2, 0.25) is 0 Å². The number of benzene rings is 10. The van der Waals surface area contributed by atoms with Gasteiger partial charge in [0.1, 0.15) is 11.2 Å². The van der Waals surface area contributed by atoms with Gasteiger partial charge in [-0.25, -0.2) is 0 Å². The molecule has 12 aromatic rings. The first kappa shape index (κ1) is 36.5. The zero-order valence-corrected chi connectivity index (χ0v) is 34.4. The number of aromatic nitrogens is 1. The van der Waals surface area contributed by atoms with Gasteiger partial charge in [0.25, 0.3) is 0 Å². The van der Waals surface area contributed by atoms with Crippen LogP contribution in [0, 0.1) is 0 Å². The molecule has 0 aliphatic heterocycles. The van der Waals surface area contributed by atoms with E-state index in [4.69, 9.17) is 4.42 Å². The predicted octanol–water partition coefficient (Wildman–Crippen LogP) is 16.8. The number of nitrogens with zero attached hydrogens (tertiary/aromatic N) is 2.